The summed E-state index contributed by atoms with van der Waals surface area (Å²) in [6.07, 6.45) is 1.46. The van der Waals surface area contributed by atoms with Crippen LogP contribution in [0.1, 0.15) is 16.1 Å². The Hall–Kier alpha value is -3.72. The standard InChI is InChI=1S/C21H16BrN5O3/c1-13-18(12-23-27(13)19-10-11-20(28)26-25-19)21(29)24-15-4-8-17(9-5-15)30-16-6-2-14(22)3-7-16/h2-12H,1H3,(H,24,29)(H,26,28). The molecule has 0 aliphatic carbocycles. The van der Waals surface area contributed by atoms with Crippen LogP contribution in [0.15, 0.2) is 76.1 Å². The summed E-state index contributed by atoms with van der Waals surface area (Å²) >= 11 is 3.39. The fraction of sp³-hybridized carbons (Fsp3) is 0.0476. The SMILES string of the molecule is Cc1c(C(=O)Nc2ccc(Oc3ccc(Br)cc3)cc2)cnn1-c1ccc(=O)[nH]n1. The van der Waals surface area contributed by atoms with Crippen LogP contribution in [0, 0.1) is 6.92 Å². The number of hydrogen-bond acceptors (Lipinski definition) is 5. The van der Waals surface area contributed by atoms with Gasteiger partial charge in [0.2, 0.25) is 0 Å². The minimum Gasteiger partial charge on any atom is -0.457 e. The lowest BCUT2D eigenvalue weighted by molar-refractivity contribution is 0.102. The third-order valence-corrected chi connectivity index (χ3v) is 4.83. The van der Waals surface area contributed by atoms with Crippen molar-refractivity contribution in [3.8, 4) is 17.3 Å². The normalized spacial score (nSPS) is 10.6. The van der Waals surface area contributed by atoms with Crippen LogP contribution in [0.5, 0.6) is 11.5 Å². The van der Waals surface area contributed by atoms with Crippen molar-refractivity contribution in [2.75, 3.05) is 5.32 Å². The third kappa shape index (κ3) is 4.31. The summed E-state index contributed by atoms with van der Waals surface area (Å²) in [5.41, 5.74) is 1.31. The Labute approximate surface area is 179 Å². The molecule has 2 heterocycles. The van der Waals surface area contributed by atoms with Crippen molar-refractivity contribution in [1.29, 1.82) is 0 Å². The first-order valence-electron chi connectivity index (χ1n) is 8.95. The van der Waals surface area contributed by atoms with Crippen molar-refractivity contribution < 1.29 is 9.53 Å². The number of anilines is 1. The lowest BCUT2D eigenvalue weighted by Gasteiger charge is -2.08. The summed E-state index contributed by atoms with van der Waals surface area (Å²) < 4.78 is 8.24. The quantitative estimate of drug-likeness (QED) is 0.462. The maximum atomic E-state index is 12.7. The van der Waals surface area contributed by atoms with Crippen LogP contribution < -0.4 is 15.6 Å². The van der Waals surface area contributed by atoms with Gasteiger partial charge in [0.25, 0.3) is 11.5 Å². The van der Waals surface area contributed by atoms with Crippen LogP contribution in [-0.2, 0) is 0 Å². The first kappa shape index (κ1) is 19.6. The highest BCUT2D eigenvalue weighted by atomic mass is 79.9. The number of nitrogens with one attached hydrogen (secondary N) is 2. The van der Waals surface area contributed by atoms with E-state index < -0.39 is 0 Å². The van der Waals surface area contributed by atoms with E-state index in [1.807, 2.05) is 24.3 Å². The maximum Gasteiger partial charge on any atom is 0.264 e. The van der Waals surface area contributed by atoms with Crippen molar-refractivity contribution in [2.45, 2.75) is 6.92 Å². The van der Waals surface area contributed by atoms with E-state index in [1.165, 1.54) is 23.0 Å². The summed E-state index contributed by atoms with van der Waals surface area (Å²) in [6, 6.07) is 17.5. The van der Waals surface area contributed by atoms with Crippen molar-refractivity contribution in [3.05, 3.63) is 92.9 Å². The van der Waals surface area contributed by atoms with E-state index in [0.717, 1.165) is 4.47 Å². The molecule has 0 saturated heterocycles. The zero-order valence-electron chi connectivity index (χ0n) is 15.8. The predicted octanol–water partition coefficient (Wildman–Crippen LogP) is 4.07. The lowest BCUT2D eigenvalue weighted by atomic mass is 10.2. The molecular formula is C21H16BrN5O3. The van der Waals surface area contributed by atoms with Gasteiger partial charge in [0, 0.05) is 16.2 Å². The molecule has 0 aliphatic rings. The van der Waals surface area contributed by atoms with Gasteiger partial charge >= 0.3 is 0 Å². The molecule has 0 aliphatic heterocycles. The molecule has 9 heteroatoms. The molecule has 2 aromatic heterocycles. The monoisotopic (exact) mass is 465 g/mol. The number of carbonyl (C=O) groups excluding carboxylic acids is 1. The summed E-state index contributed by atoms with van der Waals surface area (Å²) in [4.78, 5) is 23.8. The highest BCUT2D eigenvalue weighted by Crippen LogP contribution is 2.25. The smallest absolute Gasteiger partial charge is 0.264 e. The zero-order chi connectivity index (χ0) is 21.1. The zero-order valence-corrected chi connectivity index (χ0v) is 17.4. The largest absolute Gasteiger partial charge is 0.457 e. The maximum absolute atomic E-state index is 12.7. The Kier molecular flexibility index (Phi) is 5.44. The second-order valence-electron chi connectivity index (χ2n) is 6.37. The minimum atomic E-state index is -0.311. The van der Waals surface area contributed by atoms with Crippen LogP contribution in [0.3, 0.4) is 0 Å². The Bertz CT molecular complexity index is 1230. The number of hydrogen-bond donors (Lipinski definition) is 2. The summed E-state index contributed by atoms with van der Waals surface area (Å²) in [7, 11) is 0. The van der Waals surface area contributed by atoms with E-state index in [0.29, 0.717) is 34.3 Å². The number of aromatic amines is 1. The number of aromatic nitrogens is 4. The van der Waals surface area contributed by atoms with E-state index in [-0.39, 0.29) is 11.5 Å². The van der Waals surface area contributed by atoms with Crippen LogP contribution in [0.4, 0.5) is 5.69 Å². The molecule has 2 N–H and O–H groups in total. The average Bonchev–Trinajstić information content (AvgIpc) is 3.13. The lowest BCUT2D eigenvalue weighted by Crippen LogP contribution is -2.14. The molecule has 1 amide bonds. The van der Waals surface area contributed by atoms with Gasteiger partial charge < -0.3 is 10.1 Å². The van der Waals surface area contributed by atoms with Crippen molar-refractivity contribution in [1.82, 2.24) is 20.0 Å². The number of rotatable bonds is 5. The van der Waals surface area contributed by atoms with Crippen LogP contribution in [0.2, 0.25) is 0 Å². The first-order chi connectivity index (χ1) is 14.5. The molecule has 150 valence electrons. The van der Waals surface area contributed by atoms with E-state index in [1.54, 1.807) is 31.2 Å². The van der Waals surface area contributed by atoms with Gasteiger partial charge in [0.05, 0.1) is 17.5 Å². The van der Waals surface area contributed by atoms with Gasteiger partial charge in [0.15, 0.2) is 5.82 Å². The molecule has 0 radical (unpaired) electrons. The highest BCUT2D eigenvalue weighted by Gasteiger charge is 2.16. The van der Waals surface area contributed by atoms with Crippen LogP contribution >= 0.6 is 15.9 Å². The molecule has 0 fully saturated rings. The number of H-pyrrole nitrogens is 1. The topological polar surface area (TPSA) is 102 Å². The van der Waals surface area contributed by atoms with Gasteiger partial charge in [-0.2, -0.15) is 10.2 Å². The third-order valence-electron chi connectivity index (χ3n) is 4.30. The second kappa shape index (κ2) is 8.34. The van der Waals surface area contributed by atoms with Gasteiger partial charge in [-0.05, 0) is 61.5 Å². The molecular weight excluding hydrogens is 450 g/mol. The number of nitrogens with zero attached hydrogens (tertiary/aromatic N) is 3. The van der Waals surface area contributed by atoms with Gasteiger partial charge in [-0.3, -0.25) is 9.59 Å². The van der Waals surface area contributed by atoms with E-state index in [4.69, 9.17) is 4.74 Å². The molecule has 0 atom stereocenters. The van der Waals surface area contributed by atoms with Crippen molar-refractivity contribution in [2.24, 2.45) is 0 Å². The Morgan fingerprint density at radius 1 is 1.03 bits per heavy atom. The van der Waals surface area contributed by atoms with E-state index >= 15 is 0 Å². The van der Waals surface area contributed by atoms with E-state index in [2.05, 4.69) is 36.5 Å². The Morgan fingerprint density at radius 2 is 1.70 bits per heavy atom. The molecule has 8 nitrogen and oxygen atoms in total. The number of ether oxygens (including phenoxy) is 1. The second-order valence-corrected chi connectivity index (χ2v) is 7.29. The van der Waals surface area contributed by atoms with Gasteiger partial charge in [-0.1, -0.05) is 15.9 Å². The fourth-order valence-electron chi connectivity index (χ4n) is 2.76. The van der Waals surface area contributed by atoms with Crippen LogP contribution in [0.25, 0.3) is 5.82 Å². The first-order valence-corrected chi connectivity index (χ1v) is 9.74. The number of halogens is 1. The fourth-order valence-corrected chi connectivity index (χ4v) is 3.03. The predicted molar refractivity (Wildman–Crippen MR) is 115 cm³/mol. The van der Waals surface area contributed by atoms with Crippen molar-refractivity contribution >= 4 is 27.5 Å². The van der Waals surface area contributed by atoms with Gasteiger partial charge in [-0.25, -0.2) is 9.78 Å². The molecule has 4 rings (SSSR count). The molecule has 4 aromatic rings. The summed E-state index contributed by atoms with van der Waals surface area (Å²) in [5.74, 6) is 1.49. The Morgan fingerprint density at radius 3 is 2.33 bits per heavy atom. The molecule has 2 aromatic carbocycles. The highest BCUT2D eigenvalue weighted by molar-refractivity contribution is 9.10. The molecule has 0 unspecified atom stereocenters. The molecule has 0 saturated carbocycles. The summed E-state index contributed by atoms with van der Waals surface area (Å²) in [6.45, 7) is 1.75. The average molecular weight is 466 g/mol. The van der Waals surface area contributed by atoms with Crippen LogP contribution in [-0.4, -0.2) is 25.9 Å². The Balaban J connectivity index is 1.45. The van der Waals surface area contributed by atoms with E-state index in [9.17, 15) is 9.59 Å². The summed E-state index contributed by atoms with van der Waals surface area (Å²) in [5, 5.41) is 13.3. The van der Waals surface area contributed by atoms with Gasteiger partial charge in [0.1, 0.15) is 11.5 Å². The molecule has 0 spiro atoms. The number of benzene rings is 2. The molecule has 0 bridgehead atoms. The number of carbonyl (C=O) groups is 1. The number of amides is 1. The molecule has 30 heavy (non-hydrogen) atoms. The van der Waals surface area contributed by atoms with Crippen molar-refractivity contribution in [3.63, 3.8) is 0 Å². The van der Waals surface area contributed by atoms with Gasteiger partial charge in [-0.15, -0.1) is 0 Å². The minimum absolute atomic E-state index is 0.301.